The fraction of sp³-hybridized carbons (Fsp3) is 0.348. The minimum atomic E-state index is -0.640. The number of aromatic nitrogens is 1. The van der Waals surface area contributed by atoms with Crippen LogP contribution in [0.4, 0.5) is 4.79 Å². The maximum absolute atomic E-state index is 11.4. The van der Waals surface area contributed by atoms with E-state index in [2.05, 4.69) is 39.3 Å². The highest BCUT2D eigenvalue weighted by Crippen LogP contribution is 2.23. The van der Waals surface area contributed by atoms with Crippen LogP contribution in [0, 0.1) is 6.92 Å². The zero-order valence-electron chi connectivity index (χ0n) is 16.8. The summed E-state index contributed by atoms with van der Waals surface area (Å²) in [7, 11) is 0. The van der Waals surface area contributed by atoms with Crippen molar-refractivity contribution in [3.8, 4) is 11.7 Å². The molecule has 1 aliphatic rings. The summed E-state index contributed by atoms with van der Waals surface area (Å²) in [5.41, 5.74) is 3.45. The van der Waals surface area contributed by atoms with Crippen molar-refractivity contribution < 1.29 is 23.2 Å². The van der Waals surface area contributed by atoms with Crippen LogP contribution in [0.1, 0.15) is 41.8 Å². The van der Waals surface area contributed by atoms with Gasteiger partial charge in [-0.25, -0.2) is 14.6 Å². The molecule has 1 unspecified atom stereocenters. The van der Waals surface area contributed by atoms with Gasteiger partial charge in [0, 0.05) is 0 Å². The van der Waals surface area contributed by atoms with Crippen molar-refractivity contribution >= 4 is 12.1 Å². The van der Waals surface area contributed by atoms with E-state index in [4.69, 9.17) is 8.83 Å². The lowest BCUT2D eigenvalue weighted by molar-refractivity contribution is -0.135. The monoisotopic (exact) mass is 408 g/mol. The van der Waals surface area contributed by atoms with Gasteiger partial charge in [0.1, 0.15) is 11.8 Å². The Hall–Kier alpha value is -3.35. The number of ether oxygens (including phenoxy) is 1. The third-order valence-electron chi connectivity index (χ3n) is 5.28. The first-order valence-electron chi connectivity index (χ1n) is 10.2. The van der Waals surface area contributed by atoms with Crippen LogP contribution in [0.15, 0.2) is 51.5 Å². The van der Waals surface area contributed by atoms with Crippen LogP contribution >= 0.6 is 0 Å². The molecular formula is C23H24N2O5. The molecule has 1 saturated heterocycles. The Balaban J connectivity index is 1.22. The van der Waals surface area contributed by atoms with Gasteiger partial charge in [-0.1, -0.05) is 30.7 Å². The molecule has 4 rings (SSSR count). The zero-order valence-corrected chi connectivity index (χ0v) is 16.8. The number of esters is 1. The van der Waals surface area contributed by atoms with Gasteiger partial charge in [-0.05, 0) is 62.3 Å². The number of unbranched alkanes of at least 4 members (excludes halogenated alkanes) is 1. The predicted molar refractivity (Wildman–Crippen MR) is 109 cm³/mol. The number of aryl methyl sites for hydroxylation is 4. The fourth-order valence-corrected chi connectivity index (χ4v) is 3.56. The third kappa shape index (κ3) is 4.79. The Morgan fingerprint density at radius 3 is 2.43 bits per heavy atom. The van der Waals surface area contributed by atoms with E-state index < -0.39 is 18.1 Å². The summed E-state index contributed by atoms with van der Waals surface area (Å²) < 4.78 is 15.5. The van der Waals surface area contributed by atoms with Gasteiger partial charge in [0.15, 0.2) is 5.76 Å². The third-order valence-corrected chi connectivity index (χ3v) is 5.28. The van der Waals surface area contributed by atoms with Gasteiger partial charge in [0.05, 0.1) is 12.0 Å². The molecule has 0 radical (unpaired) electrons. The number of hydrogen-bond donors (Lipinski definition) is 1. The molecule has 0 bridgehead atoms. The predicted octanol–water partition coefficient (Wildman–Crippen LogP) is 4.38. The number of amides is 1. The van der Waals surface area contributed by atoms with Gasteiger partial charge >= 0.3 is 12.1 Å². The Kier molecular flexibility index (Phi) is 5.97. The summed E-state index contributed by atoms with van der Waals surface area (Å²) in [6.45, 7) is 1.93. The minimum Gasteiger partial charge on any atom is -0.459 e. The van der Waals surface area contributed by atoms with Crippen LogP contribution in [0.5, 0.6) is 0 Å². The fourth-order valence-electron chi connectivity index (χ4n) is 3.56. The number of rotatable bonds is 9. The van der Waals surface area contributed by atoms with E-state index in [0.717, 1.165) is 43.6 Å². The molecule has 1 fully saturated rings. The molecule has 156 valence electrons. The zero-order chi connectivity index (χ0) is 20.9. The number of benzene rings is 1. The van der Waals surface area contributed by atoms with Crippen molar-refractivity contribution in [2.75, 3.05) is 0 Å². The van der Waals surface area contributed by atoms with Crippen molar-refractivity contribution in [2.45, 2.75) is 51.5 Å². The number of cyclic esters (lactones) is 2. The molecule has 1 aliphatic heterocycles. The van der Waals surface area contributed by atoms with Gasteiger partial charge in [-0.2, -0.15) is 0 Å². The number of alkyl carbamates (subject to hydrolysis) is 1. The highest BCUT2D eigenvalue weighted by molar-refractivity contribution is 5.95. The highest BCUT2D eigenvalue weighted by Gasteiger charge is 2.31. The van der Waals surface area contributed by atoms with E-state index in [-0.39, 0.29) is 0 Å². The maximum Gasteiger partial charge on any atom is 0.415 e. The molecular weight excluding hydrogens is 384 g/mol. The summed E-state index contributed by atoms with van der Waals surface area (Å²) in [4.78, 5) is 27.0. The standard InChI is InChI=1S/C23H24N2O5/c1-15-18(24-21(29-15)20-7-4-14-28-20)13-12-17-10-8-16(9-11-17)5-2-3-6-19-22(26)30-23(27)25-19/h4,7-11,14,19H,2-3,5-6,12-13H2,1H3,(H,25,27). The quantitative estimate of drug-likeness (QED) is 0.321. The smallest absolute Gasteiger partial charge is 0.415 e. The second kappa shape index (κ2) is 8.98. The molecule has 0 aliphatic carbocycles. The first kappa shape index (κ1) is 19.9. The molecule has 7 nitrogen and oxygen atoms in total. The van der Waals surface area contributed by atoms with Gasteiger partial charge in [0.2, 0.25) is 0 Å². The van der Waals surface area contributed by atoms with E-state index in [9.17, 15) is 9.59 Å². The maximum atomic E-state index is 11.4. The topological polar surface area (TPSA) is 94.6 Å². The number of nitrogens with zero attached hydrogens (tertiary/aromatic N) is 1. The molecule has 0 spiro atoms. The van der Waals surface area contributed by atoms with Gasteiger partial charge in [-0.15, -0.1) is 0 Å². The summed E-state index contributed by atoms with van der Waals surface area (Å²) in [6.07, 6.45) is 6.01. The number of carbonyl (C=O) groups excluding carboxylic acids is 2. The molecule has 1 N–H and O–H groups in total. The van der Waals surface area contributed by atoms with E-state index in [0.29, 0.717) is 18.1 Å². The Bertz CT molecular complexity index is 1000. The van der Waals surface area contributed by atoms with Crippen molar-refractivity contribution in [1.29, 1.82) is 0 Å². The first-order valence-corrected chi connectivity index (χ1v) is 10.2. The lowest BCUT2D eigenvalue weighted by Crippen LogP contribution is -2.28. The normalized spacial score (nSPS) is 16.0. The van der Waals surface area contributed by atoms with E-state index in [1.54, 1.807) is 6.26 Å². The van der Waals surface area contributed by atoms with Crippen molar-refractivity contribution in [1.82, 2.24) is 10.3 Å². The largest absolute Gasteiger partial charge is 0.459 e. The summed E-state index contributed by atoms with van der Waals surface area (Å²) in [5.74, 6) is 1.51. The summed E-state index contributed by atoms with van der Waals surface area (Å²) >= 11 is 0. The van der Waals surface area contributed by atoms with Crippen LogP contribution in [-0.2, 0) is 28.8 Å². The highest BCUT2D eigenvalue weighted by atomic mass is 16.6. The number of oxazole rings is 1. The number of hydrogen-bond acceptors (Lipinski definition) is 6. The Morgan fingerprint density at radius 1 is 1.00 bits per heavy atom. The first-order chi connectivity index (χ1) is 14.6. The van der Waals surface area contributed by atoms with Crippen LogP contribution < -0.4 is 5.32 Å². The molecule has 3 heterocycles. The molecule has 1 aromatic carbocycles. The Labute approximate surface area is 174 Å². The summed E-state index contributed by atoms with van der Waals surface area (Å²) in [5, 5.41) is 2.52. The van der Waals surface area contributed by atoms with Crippen LogP contribution in [-0.4, -0.2) is 23.1 Å². The molecule has 2 aromatic heterocycles. The second-order valence-corrected chi connectivity index (χ2v) is 7.47. The van der Waals surface area contributed by atoms with Crippen molar-refractivity contribution in [3.63, 3.8) is 0 Å². The average Bonchev–Trinajstić information content (AvgIpc) is 3.45. The minimum absolute atomic E-state index is 0.469. The van der Waals surface area contributed by atoms with Gasteiger partial charge in [0.25, 0.3) is 5.89 Å². The second-order valence-electron chi connectivity index (χ2n) is 7.47. The molecule has 1 atom stereocenters. The molecule has 30 heavy (non-hydrogen) atoms. The van der Waals surface area contributed by atoms with Gasteiger partial charge < -0.3 is 18.9 Å². The van der Waals surface area contributed by atoms with Crippen molar-refractivity contribution in [3.05, 3.63) is 65.2 Å². The average molecular weight is 408 g/mol. The number of carbonyl (C=O) groups is 2. The number of furan rings is 1. The van der Waals surface area contributed by atoms with Crippen molar-refractivity contribution in [2.24, 2.45) is 0 Å². The lowest BCUT2D eigenvalue weighted by Gasteiger charge is -2.06. The molecule has 7 heteroatoms. The SMILES string of the molecule is Cc1oc(-c2ccco2)nc1CCc1ccc(CCCCC2NC(=O)OC2=O)cc1. The van der Waals surface area contributed by atoms with E-state index in [1.807, 2.05) is 19.1 Å². The van der Waals surface area contributed by atoms with Crippen LogP contribution in [0.25, 0.3) is 11.7 Å². The summed E-state index contributed by atoms with van der Waals surface area (Å²) in [6, 6.07) is 11.7. The van der Waals surface area contributed by atoms with Crippen LogP contribution in [0.3, 0.4) is 0 Å². The van der Waals surface area contributed by atoms with Gasteiger partial charge in [-0.3, -0.25) is 0 Å². The van der Waals surface area contributed by atoms with E-state index >= 15 is 0 Å². The number of nitrogens with one attached hydrogen (secondary N) is 1. The van der Waals surface area contributed by atoms with E-state index in [1.165, 1.54) is 11.1 Å². The molecule has 0 saturated carbocycles. The molecule has 3 aromatic rings. The van der Waals surface area contributed by atoms with Crippen LogP contribution in [0.2, 0.25) is 0 Å². The Morgan fingerprint density at radius 2 is 1.77 bits per heavy atom. The lowest BCUT2D eigenvalue weighted by atomic mass is 10.0. The molecule has 1 amide bonds.